The van der Waals surface area contributed by atoms with Gasteiger partial charge in [0.1, 0.15) is 12.4 Å². The van der Waals surface area contributed by atoms with Crippen LogP contribution >= 0.6 is 0 Å². The first-order valence-electron chi connectivity index (χ1n) is 5.85. The Labute approximate surface area is 114 Å². The number of benzene rings is 1. The van der Waals surface area contributed by atoms with Gasteiger partial charge in [-0.05, 0) is 18.2 Å². The van der Waals surface area contributed by atoms with Gasteiger partial charge in [-0.15, -0.1) is 0 Å². The Kier molecular flexibility index (Phi) is 4.47. The smallest absolute Gasteiger partial charge is 0.254 e. The third-order valence-corrected chi connectivity index (χ3v) is 2.52. The summed E-state index contributed by atoms with van der Waals surface area (Å²) in [6.07, 6.45) is 3.06. The van der Waals surface area contributed by atoms with Crippen molar-refractivity contribution in [2.45, 2.75) is 6.54 Å². The minimum absolute atomic E-state index is 0.0887. The van der Waals surface area contributed by atoms with Crippen LogP contribution in [0.3, 0.4) is 0 Å². The SMILES string of the molecule is O=C(NCc1cnc[nH]1)c1cc(C#CCO)ccc1F. The van der Waals surface area contributed by atoms with E-state index in [0.29, 0.717) is 5.56 Å². The van der Waals surface area contributed by atoms with Crippen LogP contribution in [0.5, 0.6) is 0 Å². The zero-order valence-electron chi connectivity index (χ0n) is 10.5. The summed E-state index contributed by atoms with van der Waals surface area (Å²) in [5.41, 5.74) is 1.09. The number of aliphatic hydroxyl groups excluding tert-OH is 1. The van der Waals surface area contributed by atoms with E-state index in [9.17, 15) is 9.18 Å². The van der Waals surface area contributed by atoms with Crippen LogP contribution in [0, 0.1) is 17.7 Å². The summed E-state index contributed by atoms with van der Waals surface area (Å²) in [5.74, 6) is 3.91. The molecule has 0 bridgehead atoms. The highest BCUT2D eigenvalue weighted by molar-refractivity contribution is 5.94. The number of carbonyl (C=O) groups excluding carboxylic acids is 1. The minimum Gasteiger partial charge on any atom is -0.384 e. The standard InChI is InChI=1S/C14H12FN3O2/c15-13-4-3-10(2-1-5-19)6-12(13)14(20)17-8-11-7-16-9-18-11/h3-4,6-7,9,19H,5,8H2,(H,16,18)(H,17,20). The van der Waals surface area contributed by atoms with Crippen LogP contribution in [-0.4, -0.2) is 27.6 Å². The molecule has 1 aromatic heterocycles. The van der Waals surface area contributed by atoms with E-state index in [4.69, 9.17) is 5.11 Å². The van der Waals surface area contributed by atoms with Gasteiger partial charge in [-0.1, -0.05) is 11.8 Å². The van der Waals surface area contributed by atoms with E-state index in [0.717, 1.165) is 5.69 Å². The van der Waals surface area contributed by atoms with Gasteiger partial charge in [-0.2, -0.15) is 0 Å². The summed E-state index contributed by atoms with van der Waals surface area (Å²) >= 11 is 0. The number of nitrogens with one attached hydrogen (secondary N) is 2. The average Bonchev–Trinajstić information content (AvgIpc) is 2.97. The van der Waals surface area contributed by atoms with E-state index in [1.807, 2.05) is 0 Å². The molecule has 6 heteroatoms. The van der Waals surface area contributed by atoms with Crippen molar-refractivity contribution in [2.24, 2.45) is 0 Å². The van der Waals surface area contributed by atoms with Crippen molar-refractivity contribution in [3.63, 3.8) is 0 Å². The first-order valence-corrected chi connectivity index (χ1v) is 5.85. The maximum absolute atomic E-state index is 13.6. The first-order chi connectivity index (χ1) is 9.70. The van der Waals surface area contributed by atoms with E-state index in [-0.39, 0.29) is 18.7 Å². The molecule has 20 heavy (non-hydrogen) atoms. The lowest BCUT2D eigenvalue weighted by Crippen LogP contribution is -2.24. The summed E-state index contributed by atoms with van der Waals surface area (Å²) < 4.78 is 13.6. The number of H-pyrrole nitrogens is 1. The molecule has 0 aliphatic heterocycles. The van der Waals surface area contributed by atoms with Crippen LogP contribution in [0.25, 0.3) is 0 Å². The predicted octanol–water partition coefficient (Wildman–Crippen LogP) is 0.823. The molecule has 1 heterocycles. The predicted molar refractivity (Wildman–Crippen MR) is 70.1 cm³/mol. The van der Waals surface area contributed by atoms with E-state index in [1.54, 1.807) is 6.20 Å². The number of halogens is 1. The largest absolute Gasteiger partial charge is 0.384 e. The molecule has 1 amide bonds. The molecule has 0 radical (unpaired) electrons. The lowest BCUT2D eigenvalue weighted by molar-refractivity contribution is 0.0946. The Hall–Kier alpha value is -2.65. The van der Waals surface area contributed by atoms with Crippen molar-refractivity contribution < 1.29 is 14.3 Å². The Bertz CT molecular complexity index is 657. The minimum atomic E-state index is -0.623. The monoisotopic (exact) mass is 273 g/mol. The zero-order valence-corrected chi connectivity index (χ0v) is 10.5. The second kappa shape index (κ2) is 6.50. The first kappa shape index (κ1) is 13.8. The third kappa shape index (κ3) is 3.43. The van der Waals surface area contributed by atoms with Gasteiger partial charge >= 0.3 is 0 Å². The molecule has 0 aliphatic carbocycles. The number of imidazole rings is 1. The maximum Gasteiger partial charge on any atom is 0.254 e. The number of aliphatic hydroxyl groups is 1. The van der Waals surface area contributed by atoms with Gasteiger partial charge in [0.15, 0.2) is 0 Å². The quantitative estimate of drug-likeness (QED) is 0.725. The number of rotatable bonds is 3. The molecule has 3 N–H and O–H groups in total. The molecular weight excluding hydrogens is 261 g/mol. The summed E-state index contributed by atoms with van der Waals surface area (Å²) in [5, 5.41) is 11.2. The van der Waals surface area contributed by atoms with Crippen LogP contribution in [0.2, 0.25) is 0 Å². The van der Waals surface area contributed by atoms with Gasteiger partial charge in [0.05, 0.1) is 24.1 Å². The number of hydrogen-bond acceptors (Lipinski definition) is 3. The average molecular weight is 273 g/mol. The van der Waals surface area contributed by atoms with Crippen LogP contribution in [0.4, 0.5) is 4.39 Å². The molecule has 1 aromatic carbocycles. The van der Waals surface area contributed by atoms with Crippen molar-refractivity contribution in [3.8, 4) is 11.8 Å². The zero-order chi connectivity index (χ0) is 14.4. The van der Waals surface area contributed by atoms with Crippen LogP contribution in [0.1, 0.15) is 21.6 Å². The second-order valence-corrected chi connectivity index (χ2v) is 3.91. The summed E-state index contributed by atoms with van der Waals surface area (Å²) in [4.78, 5) is 18.5. The lowest BCUT2D eigenvalue weighted by Gasteiger charge is -2.05. The van der Waals surface area contributed by atoms with Gasteiger partial charge in [0.2, 0.25) is 0 Å². The number of nitrogens with zero attached hydrogens (tertiary/aromatic N) is 1. The molecule has 0 unspecified atom stereocenters. The highest BCUT2D eigenvalue weighted by atomic mass is 19.1. The van der Waals surface area contributed by atoms with Gasteiger partial charge in [0.25, 0.3) is 5.91 Å². The normalized spacial score (nSPS) is 9.70. The number of carbonyl (C=O) groups is 1. The fraction of sp³-hybridized carbons (Fsp3) is 0.143. The number of hydrogen-bond donors (Lipinski definition) is 3. The Morgan fingerprint density at radius 2 is 2.35 bits per heavy atom. The molecule has 0 spiro atoms. The van der Waals surface area contributed by atoms with Gasteiger partial charge in [0, 0.05) is 11.8 Å². The molecule has 0 saturated heterocycles. The summed E-state index contributed by atoms with van der Waals surface area (Å²) in [6.45, 7) is -0.0659. The maximum atomic E-state index is 13.6. The second-order valence-electron chi connectivity index (χ2n) is 3.91. The summed E-state index contributed by atoms with van der Waals surface area (Å²) in [7, 11) is 0. The Morgan fingerprint density at radius 3 is 3.05 bits per heavy atom. The topological polar surface area (TPSA) is 78.0 Å². The number of amides is 1. The molecule has 0 fully saturated rings. The van der Waals surface area contributed by atoms with Crippen molar-refractivity contribution in [1.29, 1.82) is 0 Å². The van der Waals surface area contributed by atoms with E-state index < -0.39 is 11.7 Å². The summed E-state index contributed by atoms with van der Waals surface area (Å²) in [6, 6.07) is 3.97. The molecule has 0 aliphatic rings. The molecule has 0 atom stereocenters. The van der Waals surface area contributed by atoms with Crippen molar-refractivity contribution in [2.75, 3.05) is 6.61 Å². The molecule has 2 rings (SSSR count). The molecule has 5 nitrogen and oxygen atoms in total. The molecule has 102 valence electrons. The van der Waals surface area contributed by atoms with Gasteiger partial charge < -0.3 is 15.4 Å². The van der Waals surface area contributed by atoms with Crippen LogP contribution in [0.15, 0.2) is 30.7 Å². The number of aromatic amines is 1. The van der Waals surface area contributed by atoms with Crippen molar-refractivity contribution >= 4 is 5.91 Å². The van der Waals surface area contributed by atoms with E-state index >= 15 is 0 Å². The van der Waals surface area contributed by atoms with Gasteiger partial charge in [-0.3, -0.25) is 4.79 Å². The van der Waals surface area contributed by atoms with Crippen LogP contribution < -0.4 is 5.32 Å². The fourth-order valence-corrected chi connectivity index (χ4v) is 1.57. The van der Waals surface area contributed by atoms with E-state index in [1.165, 1.54) is 24.5 Å². The lowest BCUT2D eigenvalue weighted by atomic mass is 10.1. The van der Waals surface area contributed by atoms with Crippen LogP contribution in [-0.2, 0) is 6.54 Å². The van der Waals surface area contributed by atoms with Gasteiger partial charge in [-0.25, -0.2) is 9.37 Å². The van der Waals surface area contributed by atoms with E-state index in [2.05, 4.69) is 27.1 Å². The highest BCUT2D eigenvalue weighted by Crippen LogP contribution is 2.10. The fourth-order valence-electron chi connectivity index (χ4n) is 1.57. The van der Waals surface area contributed by atoms with Crippen molar-refractivity contribution in [1.82, 2.24) is 15.3 Å². The Morgan fingerprint density at radius 1 is 1.50 bits per heavy atom. The molecule has 0 saturated carbocycles. The molecular formula is C14H12FN3O2. The number of aromatic nitrogens is 2. The third-order valence-electron chi connectivity index (χ3n) is 2.52. The Balaban J connectivity index is 2.12. The highest BCUT2D eigenvalue weighted by Gasteiger charge is 2.12. The van der Waals surface area contributed by atoms with Crippen molar-refractivity contribution in [3.05, 3.63) is 53.4 Å². The molecule has 2 aromatic rings.